The maximum absolute atomic E-state index is 13.9. The zero-order valence-electron chi connectivity index (χ0n) is 12.4. The molecule has 0 aliphatic carbocycles. The lowest BCUT2D eigenvalue weighted by Crippen LogP contribution is -2.34. The van der Waals surface area contributed by atoms with Crippen molar-refractivity contribution in [2.24, 2.45) is 0 Å². The van der Waals surface area contributed by atoms with Crippen LogP contribution in [0.15, 0.2) is 36.4 Å². The summed E-state index contributed by atoms with van der Waals surface area (Å²) in [6, 6.07) is 11.9. The van der Waals surface area contributed by atoms with Crippen molar-refractivity contribution in [1.82, 2.24) is 9.88 Å². The molecular formula is C18H11ClFN3O. The number of nitrogens with zero attached hydrogens (tertiary/aromatic N) is 2. The zero-order valence-corrected chi connectivity index (χ0v) is 13.2. The van der Waals surface area contributed by atoms with Crippen LogP contribution < -0.4 is 5.32 Å². The molecule has 24 heavy (non-hydrogen) atoms. The number of halogens is 2. The normalized spacial score (nSPS) is 13.5. The van der Waals surface area contributed by atoms with Gasteiger partial charge in [0.15, 0.2) is 0 Å². The molecule has 2 heterocycles. The van der Waals surface area contributed by atoms with Crippen LogP contribution in [0.2, 0.25) is 5.02 Å². The van der Waals surface area contributed by atoms with E-state index in [9.17, 15) is 14.4 Å². The van der Waals surface area contributed by atoms with Gasteiger partial charge in [0.05, 0.1) is 22.2 Å². The summed E-state index contributed by atoms with van der Waals surface area (Å²) >= 11 is 5.77. The largest absolute Gasteiger partial charge is 0.349 e. The van der Waals surface area contributed by atoms with E-state index in [-0.39, 0.29) is 10.9 Å². The van der Waals surface area contributed by atoms with Crippen LogP contribution in [0.5, 0.6) is 0 Å². The molecule has 1 aliphatic heterocycles. The molecule has 1 aromatic heterocycles. The van der Waals surface area contributed by atoms with Gasteiger partial charge in [-0.1, -0.05) is 17.7 Å². The highest BCUT2D eigenvalue weighted by Gasteiger charge is 2.22. The first-order valence-corrected chi connectivity index (χ1v) is 7.77. The van der Waals surface area contributed by atoms with Crippen LogP contribution in [0, 0.1) is 17.1 Å². The number of benzene rings is 2. The van der Waals surface area contributed by atoms with Crippen molar-refractivity contribution in [3.63, 3.8) is 0 Å². The minimum absolute atomic E-state index is 0.0444. The van der Waals surface area contributed by atoms with E-state index in [1.165, 1.54) is 12.1 Å². The number of hydrogen-bond acceptors (Lipinski definition) is 2. The van der Waals surface area contributed by atoms with E-state index >= 15 is 0 Å². The number of aromatic nitrogens is 1. The number of nitrogens with one attached hydrogen (secondary N) is 1. The van der Waals surface area contributed by atoms with E-state index < -0.39 is 5.82 Å². The van der Waals surface area contributed by atoms with Crippen molar-refractivity contribution in [3.8, 4) is 17.2 Å². The van der Waals surface area contributed by atoms with Gasteiger partial charge in [-0.05, 0) is 35.9 Å². The fraction of sp³-hybridized carbons (Fsp3) is 0.111. The van der Waals surface area contributed by atoms with Crippen molar-refractivity contribution in [3.05, 3.63) is 58.5 Å². The summed E-state index contributed by atoms with van der Waals surface area (Å²) in [5.74, 6) is -0.669. The number of carbonyl (C=O) groups excluding carboxylic acids is 1. The number of rotatable bonds is 1. The van der Waals surface area contributed by atoms with E-state index in [0.29, 0.717) is 35.5 Å². The Hall–Kier alpha value is -2.84. The van der Waals surface area contributed by atoms with Crippen LogP contribution in [-0.4, -0.2) is 17.0 Å². The van der Waals surface area contributed by atoms with Crippen LogP contribution in [0.3, 0.4) is 0 Å². The van der Waals surface area contributed by atoms with Crippen LogP contribution in [0.25, 0.3) is 22.0 Å². The van der Waals surface area contributed by atoms with E-state index in [0.717, 1.165) is 10.9 Å². The first-order chi connectivity index (χ1) is 11.6. The van der Waals surface area contributed by atoms with Crippen molar-refractivity contribution in [2.45, 2.75) is 6.54 Å². The molecule has 0 atom stereocenters. The van der Waals surface area contributed by atoms with E-state index in [4.69, 9.17) is 11.6 Å². The quantitative estimate of drug-likeness (QED) is 0.734. The van der Waals surface area contributed by atoms with Crippen molar-refractivity contribution in [2.75, 3.05) is 6.54 Å². The Morgan fingerprint density at radius 1 is 1.25 bits per heavy atom. The molecule has 0 radical (unpaired) electrons. The van der Waals surface area contributed by atoms with Crippen LogP contribution in [0.1, 0.15) is 16.1 Å². The molecule has 0 spiro atoms. The predicted octanol–water partition coefficient (Wildman–Crippen LogP) is 3.72. The second kappa shape index (κ2) is 5.36. The summed E-state index contributed by atoms with van der Waals surface area (Å²) in [4.78, 5) is 12.1. The number of carbonyl (C=O) groups is 1. The Bertz CT molecular complexity index is 1050. The summed E-state index contributed by atoms with van der Waals surface area (Å²) in [7, 11) is 0. The molecular weight excluding hydrogens is 329 g/mol. The number of fused-ring (bicyclic) bond motifs is 3. The lowest BCUT2D eigenvalue weighted by Gasteiger charge is -2.18. The van der Waals surface area contributed by atoms with Gasteiger partial charge in [-0.15, -0.1) is 0 Å². The van der Waals surface area contributed by atoms with Crippen molar-refractivity contribution < 1.29 is 9.18 Å². The monoisotopic (exact) mass is 339 g/mol. The molecule has 0 bridgehead atoms. The average molecular weight is 340 g/mol. The van der Waals surface area contributed by atoms with Crippen LogP contribution >= 0.6 is 11.6 Å². The lowest BCUT2D eigenvalue weighted by molar-refractivity contribution is 0.0929. The van der Waals surface area contributed by atoms with Gasteiger partial charge in [0.1, 0.15) is 11.5 Å². The zero-order chi connectivity index (χ0) is 16.8. The molecule has 1 amide bonds. The van der Waals surface area contributed by atoms with Gasteiger partial charge in [0.2, 0.25) is 0 Å². The van der Waals surface area contributed by atoms with Crippen LogP contribution in [0.4, 0.5) is 4.39 Å². The lowest BCUT2D eigenvalue weighted by atomic mass is 10.00. The topological polar surface area (TPSA) is 57.8 Å². The molecule has 0 fully saturated rings. The fourth-order valence-corrected chi connectivity index (χ4v) is 3.27. The Morgan fingerprint density at radius 3 is 2.83 bits per heavy atom. The first-order valence-electron chi connectivity index (χ1n) is 7.39. The molecule has 4 rings (SSSR count). The fourth-order valence-electron chi connectivity index (χ4n) is 3.15. The highest BCUT2D eigenvalue weighted by Crippen LogP contribution is 2.34. The third-order valence-corrected chi connectivity index (χ3v) is 4.51. The third-order valence-electron chi connectivity index (χ3n) is 4.21. The predicted molar refractivity (Wildman–Crippen MR) is 89.4 cm³/mol. The summed E-state index contributed by atoms with van der Waals surface area (Å²) in [6.45, 7) is 1.16. The molecule has 4 nitrogen and oxygen atoms in total. The third kappa shape index (κ3) is 2.15. The summed E-state index contributed by atoms with van der Waals surface area (Å²) in [5.41, 5.74) is 3.14. The smallest absolute Gasteiger partial charge is 0.268 e. The second-order valence-electron chi connectivity index (χ2n) is 5.64. The van der Waals surface area contributed by atoms with Gasteiger partial charge < -0.3 is 9.88 Å². The maximum Gasteiger partial charge on any atom is 0.268 e. The Morgan fingerprint density at radius 2 is 2.08 bits per heavy atom. The molecule has 6 heteroatoms. The average Bonchev–Trinajstić information content (AvgIpc) is 2.96. The number of nitriles is 1. The summed E-state index contributed by atoms with van der Waals surface area (Å²) < 4.78 is 15.8. The molecule has 1 N–H and O–H groups in total. The van der Waals surface area contributed by atoms with Gasteiger partial charge in [-0.3, -0.25) is 4.79 Å². The molecule has 118 valence electrons. The van der Waals surface area contributed by atoms with Gasteiger partial charge in [0, 0.05) is 24.0 Å². The van der Waals surface area contributed by atoms with E-state index in [2.05, 4.69) is 11.4 Å². The number of hydrogen-bond donors (Lipinski definition) is 1. The standard InChI is InChI=1S/C18H11ClFN3O/c19-14-2-1-11(7-15(14)20)13-6-10(9-21)5-12-8-16-18(24)22-3-4-23(16)17(12)13/h1-2,5-8H,3-4H2,(H,22,24). The highest BCUT2D eigenvalue weighted by molar-refractivity contribution is 6.30. The first kappa shape index (κ1) is 14.7. The van der Waals surface area contributed by atoms with Gasteiger partial charge >= 0.3 is 0 Å². The van der Waals surface area contributed by atoms with Gasteiger partial charge in [-0.25, -0.2) is 4.39 Å². The SMILES string of the molecule is N#Cc1cc(-c2ccc(Cl)c(F)c2)c2c(c1)cc1n2CCNC1=O. The number of amides is 1. The summed E-state index contributed by atoms with van der Waals surface area (Å²) in [6.07, 6.45) is 0. The highest BCUT2D eigenvalue weighted by atomic mass is 35.5. The molecule has 0 saturated heterocycles. The molecule has 0 unspecified atom stereocenters. The van der Waals surface area contributed by atoms with E-state index in [1.54, 1.807) is 24.3 Å². The van der Waals surface area contributed by atoms with Gasteiger partial charge in [-0.2, -0.15) is 5.26 Å². The molecule has 2 aromatic carbocycles. The van der Waals surface area contributed by atoms with E-state index in [1.807, 2.05) is 4.57 Å². The van der Waals surface area contributed by atoms with Gasteiger partial charge in [0.25, 0.3) is 5.91 Å². The summed E-state index contributed by atoms with van der Waals surface area (Å²) in [5, 5.41) is 12.9. The van der Waals surface area contributed by atoms with Crippen molar-refractivity contribution >= 4 is 28.4 Å². The Kier molecular flexibility index (Phi) is 3.29. The Labute approximate surface area is 142 Å². The maximum atomic E-state index is 13.9. The Balaban J connectivity index is 2.08. The minimum atomic E-state index is -0.521. The van der Waals surface area contributed by atoms with Crippen LogP contribution in [-0.2, 0) is 6.54 Å². The second-order valence-corrected chi connectivity index (χ2v) is 6.05. The minimum Gasteiger partial charge on any atom is -0.349 e. The molecule has 3 aromatic rings. The molecule has 1 aliphatic rings. The molecule has 0 saturated carbocycles. The van der Waals surface area contributed by atoms with Crippen molar-refractivity contribution in [1.29, 1.82) is 5.26 Å².